The molecule has 42 heavy (non-hydrogen) atoms. The van der Waals surface area contributed by atoms with E-state index in [1.807, 2.05) is 121 Å². The quantitative estimate of drug-likeness (QED) is 0.206. The van der Waals surface area contributed by atoms with E-state index in [0.717, 1.165) is 55.6 Å². The first-order valence-electron chi connectivity index (χ1n) is 13.4. The van der Waals surface area contributed by atoms with E-state index in [1.165, 1.54) is 0 Å². The lowest BCUT2D eigenvalue weighted by Gasteiger charge is -2.06. The van der Waals surface area contributed by atoms with E-state index in [4.69, 9.17) is 42.0 Å². The molecular weight excluding hydrogens is 563 g/mol. The van der Waals surface area contributed by atoms with Crippen molar-refractivity contribution in [3.05, 3.63) is 155 Å². The van der Waals surface area contributed by atoms with Gasteiger partial charge in [-0.1, -0.05) is 83.9 Å². The molecule has 0 spiro atoms. The van der Waals surface area contributed by atoms with E-state index in [9.17, 15) is 0 Å². The van der Waals surface area contributed by atoms with Gasteiger partial charge in [0.25, 0.3) is 0 Å². The van der Waals surface area contributed by atoms with Crippen molar-refractivity contribution in [3.8, 4) is 22.3 Å². The highest BCUT2D eigenvalue weighted by molar-refractivity contribution is 6.30. The Kier molecular flexibility index (Phi) is 6.92. The summed E-state index contributed by atoms with van der Waals surface area (Å²) in [6.07, 6.45) is 0. The molecule has 202 valence electrons. The first-order valence-corrected chi connectivity index (χ1v) is 14.1. The summed E-state index contributed by atoms with van der Waals surface area (Å²) in [6, 6.07) is 42.9. The SMILES string of the molecule is Clc1ccc(-c2cc3ccccc3oc2=Nc2ccc(N=c3oc4ccccc4cc3-c3ccc(Cl)cc3)cc2)cc1. The van der Waals surface area contributed by atoms with Crippen molar-refractivity contribution in [2.24, 2.45) is 9.98 Å². The third-order valence-corrected chi connectivity index (χ3v) is 7.44. The standard InChI is InChI=1S/C36H22Cl2N2O2/c37-27-13-9-23(10-14-27)31-21-25-5-1-3-7-33(25)41-35(31)39-29-17-19-30(20-18-29)40-36-32(24-11-15-28(38)16-12-24)22-26-6-2-4-8-34(26)42-36/h1-22H. The molecule has 0 atom stereocenters. The zero-order valence-electron chi connectivity index (χ0n) is 22.2. The van der Waals surface area contributed by atoms with Crippen LogP contribution in [-0.2, 0) is 0 Å². The molecule has 0 radical (unpaired) electrons. The number of fused-ring (bicyclic) bond motifs is 2. The molecule has 0 saturated heterocycles. The highest BCUT2D eigenvalue weighted by Crippen LogP contribution is 2.26. The van der Waals surface area contributed by atoms with Gasteiger partial charge in [0, 0.05) is 31.9 Å². The van der Waals surface area contributed by atoms with Gasteiger partial charge in [-0.2, -0.15) is 0 Å². The van der Waals surface area contributed by atoms with Gasteiger partial charge >= 0.3 is 0 Å². The first kappa shape index (κ1) is 26.0. The van der Waals surface area contributed by atoms with Crippen LogP contribution in [0.4, 0.5) is 11.4 Å². The van der Waals surface area contributed by atoms with Crippen molar-refractivity contribution in [3.63, 3.8) is 0 Å². The normalized spacial score (nSPS) is 12.3. The zero-order valence-corrected chi connectivity index (χ0v) is 23.7. The Bertz CT molecular complexity index is 2040. The summed E-state index contributed by atoms with van der Waals surface area (Å²) in [5, 5.41) is 3.33. The van der Waals surface area contributed by atoms with Crippen LogP contribution in [0.25, 0.3) is 44.2 Å². The molecule has 0 amide bonds. The minimum absolute atomic E-state index is 0.510. The van der Waals surface area contributed by atoms with Crippen molar-refractivity contribution in [1.82, 2.24) is 0 Å². The van der Waals surface area contributed by atoms with Gasteiger partial charge in [0.05, 0.1) is 11.4 Å². The molecule has 0 aliphatic rings. The lowest BCUT2D eigenvalue weighted by atomic mass is 10.1. The highest BCUT2D eigenvalue weighted by atomic mass is 35.5. The van der Waals surface area contributed by atoms with E-state index < -0.39 is 0 Å². The van der Waals surface area contributed by atoms with Gasteiger partial charge in [-0.05, 0) is 83.9 Å². The smallest absolute Gasteiger partial charge is 0.227 e. The number of nitrogens with zero attached hydrogens (tertiary/aromatic N) is 2. The fraction of sp³-hybridized carbons (Fsp3) is 0. The molecule has 0 unspecified atom stereocenters. The summed E-state index contributed by atoms with van der Waals surface area (Å²) in [5.74, 6) is 0. The maximum Gasteiger partial charge on any atom is 0.227 e. The van der Waals surface area contributed by atoms with E-state index in [1.54, 1.807) is 0 Å². The summed E-state index contributed by atoms with van der Waals surface area (Å²) < 4.78 is 12.5. The van der Waals surface area contributed by atoms with Crippen molar-refractivity contribution in [2.75, 3.05) is 0 Å². The van der Waals surface area contributed by atoms with Crippen molar-refractivity contribution in [1.29, 1.82) is 0 Å². The molecule has 2 heterocycles. The van der Waals surface area contributed by atoms with Crippen LogP contribution in [0.5, 0.6) is 0 Å². The Balaban J connectivity index is 1.33. The van der Waals surface area contributed by atoms with Gasteiger partial charge < -0.3 is 8.83 Å². The third-order valence-electron chi connectivity index (χ3n) is 6.93. The van der Waals surface area contributed by atoms with Crippen LogP contribution in [0.15, 0.2) is 152 Å². The summed E-state index contributed by atoms with van der Waals surface area (Å²) in [7, 11) is 0. The Morgan fingerprint density at radius 1 is 0.429 bits per heavy atom. The predicted octanol–water partition coefficient (Wildman–Crippen LogP) is 10.3. The summed E-state index contributed by atoms with van der Waals surface area (Å²) in [5.41, 5.74) is 7.68. The lowest BCUT2D eigenvalue weighted by Crippen LogP contribution is -2.05. The van der Waals surface area contributed by atoms with E-state index in [2.05, 4.69) is 12.1 Å². The maximum atomic E-state index is 6.27. The first-order chi connectivity index (χ1) is 20.6. The Hall–Kier alpha value is -4.90. The number of para-hydroxylation sites is 2. The average Bonchev–Trinajstić information content (AvgIpc) is 3.02. The number of rotatable bonds is 4. The average molecular weight is 585 g/mol. The molecule has 0 aliphatic heterocycles. The maximum absolute atomic E-state index is 6.27. The van der Waals surface area contributed by atoms with Crippen LogP contribution in [0.2, 0.25) is 10.0 Å². The van der Waals surface area contributed by atoms with Crippen molar-refractivity contribution >= 4 is 56.5 Å². The second kappa shape index (κ2) is 11.2. The minimum atomic E-state index is 0.510. The number of halogens is 2. The van der Waals surface area contributed by atoms with Crippen molar-refractivity contribution in [2.45, 2.75) is 0 Å². The van der Waals surface area contributed by atoms with Gasteiger partial charge in [0.1, 0.15) is 11.2 Å². The number of hydrogen-bond acceptors (Lipinski definition) is 4. The predicted molar refractivity (Wildman–Crippen MR) is 170 cm³/mol. The van der Waals surface area contributed by atoms with Crippen LogP contribution in [0.1, 0.15) is 0 Å². The molecule has 0 bridgehead atoms. The molecule has 0 fully saturated rings. The van der Waals surface area contributed by atoms with Crippen LogP contribution in [-0.4, -0.2) is 0 Å². The lowest BCUT2D eigenvalue weighted by molar-refractivity contribution is 0.547. The van der Waals surface area contributed by atoms with E-state index >= 15 is 0 Å². The van der Waals surface area contributed by atoms with Gasteiger partial charge in [0.2, 0.25) is 11.1 Å². The van der Waals surface area contributed by atoms with Crippen LogP contribution in [0, 0.1) is 0 Å². The molecule has 7 aromatic rings. The Morgan fingerprint density at radius 3 is 1.21 bits per heavy atom. The second-order valence-electron chi connectivity index (χ2n) is 9.76. The number of hydrogen-bond donors (Lipinski definition) is 0. The van der Waals surface area contributed by atoms with Crippen LogP contribution in [0.3, 0.4) is 0 Å². The van der Waals surface area contributed by atoms with Crippen LogP contribution < -0.4 is 11.1 Å². The molecule has 5 aromatic carbocycles. The summed E-state index contributed by atoms with van der Waals surface area (Å²) in [4.78, 5) is 9.75. The fourth-order valence-corrected chi connectivity index (χ4v) is 5.06. The van der Waals surface area contributed by atoms with Gasteiger partial charge in [-0.3, -0.25) is 0 Å². The topological polar surface area (TPSA) is 51.0 Å². The minimum Gasteiger partial charge on any atom is -0.438 e. The third kappa shape index (κ3) is 5.38. The molecule has 2 aromatic heterocycles. The highest BCUT2D eigenvalue weighted by Gasteiger charge is 2.09. The molecular formula is C36H22Cl2N2O2. The molecule has 4 nitrogen and oxygen atoms in total. The largest absolute Gasteiger partial charge is 0.438 e. The molecule has 0 saturated carbocycles. The Labute approximate surface area is 251 Å². The monoisotopic (exact) mass is 584 g/mol. The Morgan fingerprint density at radius 2 is 0.810 bits per heavy atom. The van der Waals surface area contributed by atoms with Gasteiger partial charge in [0.15, 0.2) is 0 Å². The van der Waals surface area contributed by atoms with E-state index in [-0.39, 0.29) is 0 Å². The van der Waals surface area contributed by atoms with Crippen LogP contribution >= 0.6 is 23.2 Å². The molecule has 6 heteroatoms. The second-order valence-corrected chi connectivity index (χ2v) is 10.6. The molecule has 7 rings (SSSR count). The summed E-state index contributed by atoms with van der Waals surface area (Å²) in [6.45, 7) is 0. The van der Waals surface area contributed by atoms with Gasteiger partial charge in [-0.25, -0.2) is 9.98 Å². The molecule has 0 aliphatic carbocycles. The summed E-state index contributed by atoms with van der Waals surface area (Å²) >= 11 is 12.3. The zero-order chi connectivity index (χ0) is 28.5. The molecule has 0 N–H and O–H groups in total. The van der Waals surface area contributed by atoms with Gasteiger partial charge in [-0.15, -0.1) is 0 Å². The van der Waals surface area contributed by atoms with E-state index in [0.29, 0.717) is 21.2 Å². The van der Waals surface area contributed by atoms with Crippen molar-refractivity contribution < 1.29 is 8.83 Å². The fourth-order valence-electron chi connectivity index (χ4n) is 4.81. The number of benzene rings is 5.